The van der Waals surface area contributed by atoms with E-state index in [0.717, 1.165) is 22.9 Å². The number of rotatable bonds is 2. The summed E-state index contributed by atoms with van der Waals surface area (Å²) in [6, 6.07) is 5.68. The van der Waals surface area contributed by atoms with E-state index in [1.54, 1.807) is 6.08 Å². The van der Waals surface area contributed by atoms with Crippen molar-refractivity contribution in [1.82, 2.24) is 0 Å². The fourth-order valence-corrected chi connectivity index (χ4v) is 0.968. The molecule has 2 heteroatoms. The Bertz CT molecular complexity index is 301. The molecule has 0 aliphatic heterocycles. The first-order valence-electron chi connectivity index (χ1n) is 6.21. The van der Waals surface area contributed by atoms with E-state index >= 15 is 0 Å². The third-order valence-corrected chi connectivity index (χ3v) is 1.57. The van der Waals surface area contributed by atoms with Gasteiger partial charge in [0.1, 0.15) is 0 Å². The first kappa shape index (κ1) is 17.9. The van der Waals surface area contributed by atoms with Gasteiger partial charge in [0.15, 0.2) is 0 Å². The van der Waals surface area contributed by atoms with Crippen molar-refractivity contribution in [3.8, 4) is 0 Å². The van der Waals surface area contributed by atoms with Crippen LogP contribution in [0.3, 0.4) is 0 Å². The molecule has 0 aliphatic carbocycles. The molecule has 3 N–H and O–H groups in total. The standard InChI is InChI=1S/C9H12N2.C4H10.C2H6/c1-3-7-4-5-8(10)6-9(7)11-2;1-4(2)3;1-2/h3-6,11H,1,10H2,2H3;4H,1-3H3;1-2H3. The minimum absolute atomic E-state index is 0.764. The summed E-state index contributed by atoms with van der Waals surface area (Å²) in [5.74, 6) is 0.833. The predicted octanol–water partition coefficient (Wildman–Crippen LogP) is 4.64. The molecule has 17 heavy (non-hydrogen) atoms. The van der Waals surface area contributed by atoms with Crippen LogP contribution in [0.4, 0.5) is 11.4 Å². The summed E-state index contributed by atoms with van der Waals surface area (Å²) in [4.78, 5) is 0. The summed E-state index contributed by atoms with van der Waals surface area (Å²) in [5, 5.41) is 3.04. The Hall–Kier alpha value is -1.44. The molecule has 2 nitrogen and oxygen atoms in total. The molecular formula is C15H28N2. The molecule has 0 spiro atoms. The van der Waals surface area contributed by atoms with E-state index < -0.39 is 0 Å². The second-order valence-corrected chi connectivity index (χ2v) is 4.03. The lowest BCUT2D eigenvalue weighted by atomic mass is 10.1. The van der Waals surface area contributed by atoms with Crippen molar-refractivity contribution in [3.05, 3.63) is 30.3 Å². The largest absolute Gasteiger partial charge is 0.399 e. The zero-order chi connectivity index (χ0) is 13.8. The van der Waals surface area contributed by atoms with Crippen molar-refractivity contribution in [3.63, 3.8) is 0 Å². The number of nitrogens with one attached hydrogen (secondary N) is 1. The second kappa shape index (κ2) is 11.1. The van der Waals surface area contributed by atoms with Gasteiger partial charge in [-0.2, -0.15) is 0 Å². The Morgan fingerprint density at radius 1 is 1.24 bits per heavy atom. The van der Waals surface area contributed by atoms with Crippen LogP contribution in [-0.2, 0) is 0 Å². The van der Waals surface area contributed by atoms with E-state index in [0.29, 0.717) is 0 Å². The molecule has 0 radical (unpaired) electrons. The minimum atomic E-state index is 0.764. The zero-order valence-corrected chi connectivity index (χ0v) is 12.2. The summed E-state index contributed by atoms with van der Waals surface area (Å²) in [6.07, 6.45) is 1.80. The molecule has 0 bridgehead atoms. The summed E-state index contributed by atoms with van der Waals surface area (Å²) in [6.45, 7) is 14.2. The van der Waals surface area contributed by atoms with Gasteiger partial charge in [0.2, 0.25) is 0 Å². The van der Waals surface area contributed by atoms with Crippen molar-refractivity contribution in [2.24, 2.45) is 5.92 Å². The van der Waals surface area contributed by atoms with Gasteiger partial charge < -0.3 is 11.1 Å². The Morgan fingerprint density at radius 3 is 2.06 bits per heavy atom. The highest BCUT2D eigenvalue weighted by Crippen LogP contribution is 2.18. The molecule has 0 atom stereocenters. The van der Waals surface area contributed by atoms with Gasteiger partial charge in [-0.25, -0.2) is 0 Å². The van der Waals surface area contributed by atoms with Gasteiger partial charge in [0.25, 0.3) is 0 Å². The lowest BCUT2D eigenvalue weighted by Gasteiger charge is -2.05. The van der Waals surface area contributed by atoms with Gasteiger partial charge in [-0.3, -0.25) is 0 Å². The summed E-state index contributed by atoms with van der Waals surface area (Å²) in [7, 11) is 1.86. The fourth-order valence-electron chi connectivity index (χ4n) is 0.968. The van der Waals surface area contributed by atoms with Gasteiger partial charge in [-0.05, 0) is 23.6 Å². The van der Waals surface area contributed by atoms with Crippen LogP contribution in [-0.4, -0.2) is 7.05 Å². The maximum atomic E-state index is 5.58. The molecule has 1 aromatic carbocycles. The molecule has 0 unspecified atom stereocenters. The van der Waals surface area contributed by atoms with Crippen LogP contribution in [0.1, 0.15) is 40.2 Å². The molecule has 0 aromatic heterocycles. The molecule has 0 aliphatic rings. The summed E-state index contributed by atoms with van der Waals surface area (Å²) >= 11 is 0. The number of hydrogen-bond acceptors (Lipinski definition) is 2. The molecule has 98 valence electrons. The highest BCUT2D eigenvalue weighted by molar-refractivity contribution is 5.69. The summed E-state index contributed by atoms with van der Waals surface area (Å²) < 4.78 is 0. The van der Waals surface area contributed by atoms with Crippen molar-refractivity contribution < 1.29 is 0 Å². The molecule has 0 saturated carbocycles. The van der Waals surface area contributed by atoms with E-state index in [1.807, 2.05) is 39.1 Å². The van der Waals surface area contributed by atoms with Crippen LogP contribution in [0, 0.1) is 5.92 Å². The lowest BCUT2D eigenvalue weighted by molar-refractivity contribution is 0.737. The number of benzene rings is 1. The molecule has 0 heterocycles. The second-order valence-electron chi connectivity index (χ2n) is 4.03. The van der Waals surface area contributed by atoms with Crippen molar-refractivity contribution in [1.29, 1.82) is 0 Å². The van der Waals surface area contributed by atoms with Crippen LogP contribution in [0.25, 0.3) is 6.08 Å². The van der Waals surface area contributed by atoms with Crippen molar-refractivity contribution in [2.75, 3.05) is 18.1 Å². The molecular weight excluding hydrogens is 208 g/mol. The SMILES string of the molecule is C=Cc1ccc(N)cc1NC.CC.CC(C)C. The Morgan fingerprint density at radius 2 is 1.71 bits per heavy atom. The fraction of sp³-hybridized carbons (Fsp3) is 0.467. The zero-order valence-electron chi connectivity index (χ0n) is 12.2. The van der Waals surface area contributed by atoms with Crippen LogP contribution >= 0.6 is 0 Å². The van der Waals surface area contributed by atoms with Crippen molar-refractivity contribution in [2.45, 2.75) is 34.6 Å². The van der Waals surface area contributed by atoms with Gasteiger partial charge in [-0.1, -0.05) is 53.3 Å². The highest BCUT2D eigenvalue weighted by atomic mass is 14.8. The van der Waals surface area contributed by atoms with Gasteiger partial charge in [0, 0.05) is 18.4 Å². The number of anilines is 2. The van der Waals surface area contributed by atoms with Crippen LogP contribution in [0.5, 0.6) is 0 Å². The monoisotopic (exact) mass is 236 g/mol. The third-order valence-electron chi connectivity index (χ3n) is 1.57. The average Bonchev–Trinajstić information content (AvgIpc) is 2.31. The molecule has 0 fully saturated rings. The van der Waals surface area contributed by atoms with Crippen LogP contribution in [0.15, 0.2) is 24.8 Å². The number of nitrogens with two attached hydrogens (primary N) is 1. The maximum absolute atomic E-state index is 5.58. The topological polar surface area (TPSA) is 38.0 Å². The van der Waals surface area contributed by atoms with E-state index in [-0.39, 0.29) is 0 Å². The number of nitrogen functional groups attached to an aromatic ring is 1. The quantitative estimate of drug-likeness (QED) is 0.734. The first-order valence-corrected chi connectivity index (χ1v) is 6.21. The van der Waals surface area contributed by atoms with E-state index in [4.69, 9.17) is 5.73 Å². The van der Waals surface area contributed by atoms with E-state index in [1.165, 1.54) is 0 Å². The van der Waals surface area contributed by atoms with Crippen molar-refractivity contribution >= 4 is 17.5 Å². The number of hydrogen-bond donors (Lipinski definition) is 2. The predicted molar refractivity (Wildman–Crippen MR) is 82.4 cm³/mol. The first-order chi connectivity index (χ1) is 8.01. The van der Waals surface area contributed by atoms with Gasteiger partial charge in [-0.15, -0.1) is 0 Å². The third kappa shape index (κ3) is 9.49. The van der Waals surface area contributed by atoms with Crippen LogP contribution in [0.2, 0.25) is 0 Å². The summed E-state index contributed by atoms with van der Waals surface area (Å²) in [5.41, 5.74) is 8.43. The lowest BCUT2D eigenvalue weighted by Crippen LogP contribution is -1.93. The Kier molecular flexibility index (Phi) is 11.7. The minimum Gasteiger partial charge on any atom is -0.399 e. The van der Waals surface area contributed by atoms with Crippen LogP contribution < -0.4 is 11.1 Å². The molecule has 0 amide bonds. The molecule has 1 aromatic rings. The smallest absolute Gasteiger partial charge is 0.0431 e. The highest BCUT2D eigenvalue weighted by Gasteiger charge is 1.95. The van der Waals surface area contributed by atoms with Gasteiger partial charge >= 0.3 is 0 Å². The molecule has 1 rings (SSSR count). The normalized spacial score (nSPS) is 8.41. The Labute approximate surface area is 107 Å². The Balaban J connectivity index is 0. The van der Waals surface area contributed by atoms with Gasteiger partial charge in [0.05, 0.1) is 0 Å². The van der Waals surface area contributed by atoms with E-state index in [9.17, 15) is 0 Å². The average molecular weight is 236 g/mol. The van der Waals surface area contributed by atoms with E-state index in [2.05, 4.69) is 32.7 Å². The molecule has 0 saturated heterocycles. The maximum Gasteiger partial charge on any atom is 0.0431 e.